The Hall–Kier alpha value is -1.03. The summed E-state index contributed by atoms with van der Waals surface area (Å²) in [6, 6.07) is 5.29. The highest BCUT2D eigenvalue weighted by molar-refractivity contribution is 9.10. The van der Waals surface area contributed by atoms with Crippen LogP contribution in [-0.4, -0.2) is 11.4 Å². The van der Waals surface area contributed by atoms with Crippen molar-refractivity contribution in [2.24, 2.45) is 0 Å². The topological polar surface area (TPSA) is 55.1 Å². The summed E-state index contributed by atoms with van der Waals surface area (Å²) in [4.78, 5) is 12.2. The lowest BCUT2D eigenvalue weighted by Gasteiger charge is -2.25. The molecule has 17 heavy (non-hydrogen) atoms. The van der Waals surface area contributed by atoms with Gasteiger partial charge in [0.05, 0.1) is 5.56 Å². The predicted molar refractivity (Wildman–Crippen MR) is 72.9 cm³/mol. The smallest absolute Gasteiger partial charge is 0.252 e. The average molecular weight is 297 g/mol. The predicted octanol–water partition coefficient (Wildman–Crippen LogP) is 3.09. The Labute approximate surface area is 110 Å². The van der Waals surface area contributed by atoms with E-state index in [0.29, 0.717) is 11.3 Å². The van der Waals surface area contributed by atoms with E-state index in [1.165, 1.54) is 12.8 Å². The van der Waals surface area contributed by atoms with Gasteiger partial charge in [-0.1, -0.05) is 12.8 Å². The van der Waals surface area contributed by atoms with E-state index in [4.69, 9.17) is 5.73 Å². The maximum atomic E-state index is 12.2. The SMILES string of the molecule is CC1(NC(=O)c2cc(N)ccc2Br)CCCC1. The van der Waals surface area contributed by atoms with Gasteiger partial charge in [-0.25, -0.2) is 0 Å². The van der Waals surface area contributed by atoms with Gasteiger partial charge in [-0.2, -0.15) is 0 Å². The van der Waals surface area contributed by atoms with Crippen LogP contribution in [0.25, 0.3) is 0 Å². The molecule has 0 unspecified atom stereocenters. The van der Waals surface area contributed by atoms with Crippen LogP contribution in [0, 0.1) is 0 Å². The normalized spacial score (nSPS) is 18.0. The standard InChI is InChI=1S/C13H17BrN2O/c1-13(6-2-3-7-13)16-12(17)10-8-9(15)4-5-11(10)14/h4-5,8H,2-3,6-7,15H2,1H3,(H,16,17). The Bertz CT molecular complexity index is 439. The van der Waals surface area contributed by atoms with Crippen LogP contribution in [0.1, 0.15) is 43.0 Å². The minimum Gasteiger partial charge on any atom is -0.399 e. The number of carbonyl (C=O) groups excluding carboxylic acids is 1. The number of halogens is 1. The van der Waals surface area contributed by atoms with Gasteiger partial charge in [-0.05, 0) is 53.9 Å². The van der Waals surface area contributed by atoms with E-state index in [0.717, 1.165) is 17.3 Å². The van der Waals surface area contributed by atoms with Crippen LogP contribution in [0.15, 0.2) is 22.7 Å². The molecule has 2 rings (SSSR count). The van der Waals surface area contributed by atoms with Crippen molar-refractivity contribution >= 4 is 27.5 Å². The van der Waals surface area contributed by atoms with E-state index in [1.807, 2.05) is 0 Å². The van der Waals surface area contributed by atoms with Crippen LogP contribution in [0.3, 0.4) is 0 Å². The Kier molecular flexibility index (Phi) is 3.43. The summed E-state index contributed by atoms with van der Waals surface area (Å²) in [5, 5.41) is 3.12. The van der Waals surface area contributed by atoms with Crippen molar-refractivity contribution in [3.8, 4) is 0 Å². The molecule has 0 bridgehead atoms. The fourth-order valence-corrected chi connectivity index (χ4v) is 2.77. The fourth-order valence-electron chi connectivity index (χ4n) is 2.34. The summed E-state index contributed by atoms with van der Waals surface area (Å²) in [6.07, 6.45) is 4.49. The van der Waals surface area contributed by atoms with Crippen LogP contribution in [-0.2, 0) is 0 Å². The number of carbonyl (C=O) groups is 1. The van der Waals surface area contributed by atoms with Crippen LogP contribution in [0.2, 0.25) is 0 Å². The lowest BCUT2D eigenvalue weighted by atomic mass is 10.00. The van der Waals surface area contributed by atoms with Gasteiger partial charge in [-0.15, -0.1) is 0 Å². The largest absolute Gasteiger partial charge is 0.399 e. The number of nitrogens with two attached hydrogens (primary N) is 1. The molecule has 0 spiro atoms. The lowest BCUT2D eigenvalue weighted by molar-refractivity contribution is 0.0907. The second kappa shape index (κ2) is 4.69. The van der Waals surface area contributed by atoms with Crippen LogP contribution >= 0.6 is 15.9 Å². The summed E-state index contributed by atoms with van der Waals surface area (Å²) < 4.78 is 0.783. The van der Waals surface area contributed by atoms with E-state index in [2.05, 4.69) is 28.2 Å². The number of nitrogen functional groups attached to an aromatic ring is 1. The lowest BCUT2D eigenvalue weighted by Crippen LogP contribution is -2.43. The van der Waals surface area contributed by atoms with Gasteiger partial charge in [0.25, 0.3) is 5.91 Å². The number of amides is 1. The molecule has 3 nitrogen and oxygen atoms in total. The Morgan fingerprint density at radius 1 is 1.41 bits per heavy atom. The molecule has 0 aromatic heterocycles. The number of benzene rings is 1. The van der Waals surface area contributed by atoms with Gasteiger partial charge < -0.3 is 11.1 Å². The van der Waals surface area contributed by atoms with Gasteiger partial charge in [0.1, 0.15) is 0 Å². The van der Waals surface area contributed by atoms with E-state index in [1.54, 1.807) is 18.2 Å². The van der Waals surface area contributed by atoms with Crippen LogP contribution in [0.4, 0.5) is 5.69 Å². The highest BCUT2D eigenvalue weighted by atomic mass is 79.9. The van der Waals surface area contributed by atoms with Gasteiger partial charge in [0.2, 0.25) is 0 Å². The fraction of sp³-hybridized carbons (Fsp3) is 0.462. The molecule has 1 aromatic carbocycles. The van der Waals surface area contributed by atoms with Gasteiger partial charge in [-0.3, -0.25) is 4.79 Å². The Balaban J connectivity index is 2.17. The molecule has 1 aliphatic carbocycles. The first kappa shape index (κ1) is 12.4. The van der Waals surface area contributed by atoms with Crippen LogP contribution in [0.5, 0.6) is 0 Å². The first-order chi connectivity index (χ1) is 8.00. The molecular formula is C13H17BrN2O. The van der Waals surface area contributed by atoms with Gasteiger partial charge >= 0.3 is 0 Å². The Morgan fingerprint density at radius 2 is 2.06 bits per heavy atom. The molecule has 0 saturated heterocycles. The molecule has 92 valence electrons. The summed E-state index contributed by atoms with van der Waals surface area (Å²) in [6.45, 7) is 2.11. The third kappa shape index (κ3) is 2.80. The molecule has 1 aliphatic rings. The third-order valence-corrected chi connectivity index (χ3v) is 4.05. The van der Waals surface area contributed by atoms with Crippen molar-refractivity contribution in [2.45, 2.75) is 38.1 Å². The van der Waals surface area contributed by atoms with Crippen molar-refractivity contribution in [1.29, 1.82) is 0 Å². The van der Waals surface area contributed by atoms with E-state index in [9.17, 15) is 4.79 Å². The van der Waals surface area contributed by atoms with Crippen molar-refractivity contribution < 1.29 is 4.79 Å². The molecule has 0 radical (unpaired) electrons. The third-order valence-electron chi connectivity index (χ3n) is 3.36. The van der Waals surface area contributed by atoms with E-state index >= 15 is 0 Å². The molecule has 0 heterocycles. The van der Waals surface area contributed by atoms with E-state index in [-0.39, 0.29) is 11.4 Å². The van der Waals surface area contributed by atoms with Gasteiger partial charge in [0.15, 0.2) is 0 Å². The number of rotatable bonds is 2. The summed E-state index contributed by atoms with van der Waals surface area (Å²) in [5.41, 5.74) is 6.87. The zero-order valence-corrected chi connectivity index (χ0v) is 11.5. The monoisotopic (exact) mass is 296 g/mol. The molecule has 1 amide bonds. The van der Waals surface area contributed by atoms with Crippen molar-refractivity contribution in [3.63, 3.8) is 0 Å². The molecule has 1 saturated carbocycles. The molecule has 0 atom stereocenters. The average Bonchev–Trinajstić information content (AvgIpc) is 2.68. The second-order valence-corrected chi connectivity index (χ2v) is 5.82. The number of hydrogen-bond donors (Lipinski definition) is 2. The molecule has 1 aromatic rings. The number of nitrogens with one attached hydrogen (secondary N) is 1. The molecule has 1 fully saturated rings. The van der Waals surface area contributed by atoms with Gasteiger partial charge in [0, 0.05) is 15.7 Å². The zero-order valence-electron chi connectivity index (χ0n) is 9.92. The molecular weight excluding hydrogens is 280 g/mol. The first-order valence-corrected chi connectivity index (χ1v) is 6.67. The number of hydrogen-bond acceptors (Lipinski definition) is 2. The first-order valence-electron chi connectivity index (χ1n) is 5.88. The summed E-state index contributed by atoms with van der Waals surface area (Å²) >= 11 is 3.38. The minimum absolute atomic E-state index is 0.0476. The second-order valence-electron chi connectivity index (χ2n) is 4.96. The molecule has 3 N–H and O–H groups in total. The summed E-state index contributed by atoms with van der Waals surface area (Å²) in [5.74, 6) is -0.0476. The quantitative estimate of drug-likeness (QED) is 0.824. The highest BCUT2D eigenvalue weighted by Crippen LogP contribution is 2.30. The maximum absolute atomic E-state index is 12.2. The van der Waals surface area contributed by atoms with Crippen molar-refractivity contribution in [1.82, 2.24) is 5.32 Å². The number of anilines is 1. The van der Waals surface area contributed by atoms with Crippen LogP contribution < -0.4 is 11.1 Å². The van der Waals surface area contributed by atoms with E-state index < -0.39 is 0 Å². The Morgan fingerprint density at radius 3 is 2.71 bits per heavy atom. The van der Waals surface area contributed by atoms with Crippen molar-refractivity contribution in [3.05, 3.63) is 28.2 Å². The maximum Gasteiger partial charge on any atom is 0.252 e. The highest BCUT2D eigenvalue weighted by Gasteiger charge is 2.30. The zero-order chi connectivity index (χ0) is 12.5. The van der Waals surface area contributed by atoms with Crippen molar-refractivity contribution in [2.75, 3.05) is 5.73 Å². The molecule has 0 aliphatic heterocycles. The summed E-state index contributed by atoms with van der Waals surface area (Å²) in [7, 11) is 0. The minimum atomic E-state index is -0.0544. The molecule has 4 heteroatoms.